The van der Waals surface area contributed by atoms with Gasteiger partial charge in [0.2, 0.25) is 0 Å². The zero-order valence-electron chi connectivity index (χ0n) is 30.9. The van der Waals surface area contributed by atoms with Gasteiger partial charge in [-0.25, -0.2) is 4.98 Å². The second-order valence-electron chi connectivity index (χ2n) is 13.4. The topological polar surface area (TPSA) is 131 Å². The van der Waals surface area contributed by atoms with Crippen LogP contribution in [-0.4, -0.2) is 58.6 Å². The van der Waals surface area contributed by atoms with Gasteiger partial charge in [-0.1, -0.05) is 52.3 Å². The number of anilines is 2. The molecule has 5 rings (SSSR count). The number of hydrogen-bond donors (Lipinski definition) is 2. The molecule has 3 aromatic carbocycles. The Hall–Kier alpha value is -4.26. The Morgan fingerprint density at radius 2 is 1.71 bits per heavy atom. The van der Waals surface area contributed by atoms with Crippen molar-refractivity contribution in [2.45, 2.75) is 77.0 Å². The molecule has 4 aromatic rings. The van der Waals surface area contributed by atoms with Crippen LogP contribution in [0.5, 0.6) is 5.75 Å². The smallest absolute Gasteiger partial charge is 0.261 e. The average molecular weight is 749 g/mol. The lowest BCUT2D eigenvalue weighted by Crippen LogP contribution is -2.30. The van der Waals surface area contributed by atoms with Gasteiger partial charge < -0.3 is 19.5 Å². The van der Waals surface area contributed by atoms with Crippen LogP contribution in [0.4, 0.5) is 11.4 Å². The van der Waals surface area contributed by atoms with Crippen molar-refractivity contribution in [3.63, 3.8) is 0 Å². The maximum Gasteiger partial charge on any atom is 0.261 e. The summed E-state index contributed by atoms with van der Waals surface area (Å²) >= 11 is 0. The molecule has 1 aliphatic heterocycles. The summed E-state index contributed by atoms with van der Waals surface area (Å²) in [6.45, 7) is 12.2. The van der Waals surface area contributed by atoms with Gasteiger partial charge in [0.15, 0.2) is 0 Å². The molecule has 1 aliphatic rings. The van der Waals surface area contributed by atoms with E-state index in [1.54, 1.807) is 12.5 Å². The molecular formula is C40H52N4O6S2. The molecule has 52 heavy (non-hydrogen) atoms. The lowest BCUT2D eigenvalue weighted by atomic mass is 9.96. The number of aryl methyl sites for hydroxylation is 1. The number of carbonyl (C=O) groups excluding carboxylic acids is 1. The minimum Gasteiger partial charge on any atom is -0.494 e. The third-order valence-corrected chi connectivity index (χ3v) is 9.68. The van der Waals surface area contributed by atoms with Crippen LogP contribution in [0.3, 0.4) is 0 Å². The number of benzene rings is 3. The SMILES string of the molecule is CCCCOc1ccc(-c2ccc3c(c2)C=C(C(=O)Nc2ccc(S(=O)Cc4cncn4CCC)cc2)CCCN3CC(C)C)cc1.CS(=O)(=O)O. The van der Waals surface area contributed by atoms with E-state index in [0.29, 0.717) is 30.0 Å². The molecule has 2 heterocycles. The average Bonchev–Trinajstić information content (AvgIpc) is 3.52. The van der Waals surface area contributed by atoms with Crippen LogP contribution in [0.25, 0.3) is 17.2 Å². The Labute approximate surface area is 311 Å². The number of nitrogens with zero attached hydrogens (tertiary/aromatic N) is 3. The molecule has 0 spiro atoms. The number of nitrogens with one attached hydrogen (secondary N) is 1. The number of ether oxygens (including phenoxy) is 1. The molecule has 0 radical (unpaired) electrons. The number of unbranched alkanes of at least 4 members (excludes halogenated alkanes) is 1. The van der Waals surface area contributed by atoms with Gasteiger partial charge in [0.25, 0.3) is 16.0 Å². The number of aromatic nitrogens is 2. The van der Waals surface area contributed by atoms with Gasteiger partial charge >= 0.3 is 0 Å². The molecule has 0 bridgehead atoms. The van der Waals surface area contributed by atoms with Crippen molar-refractivity contribution in [1.29, 1.82) is 0 Å². The molecule has 1 aromatic heterocycles. The van der Waals surface area contributed by atoms with E-state index in [1.165, 1.54) is 0 Å². The van der Waals surface area contributed by atoms with E-state index in [9.17, 15) is 17.4 Å². The Kier molecular flexibility index (Phi) is 15.2. The molecule has 1 unspecified atom stereocenters. The van der Waals surface area contributed by atoms with Crippen LogP contribution >= 0.6 is 0 Å². The molecule has 10 nitrogen and oxygen atoms in total. The largest absolute Gasteiger partial charge is 0.494 e. The normalized spacial score (nSPS) is 13.6. The summed E-state index contributed by atoms with van der Waals surface area (Å²) in [7, 11) is -4.87. The van der Waals surface area contributed by atoms with Gasteiger partial charge in [-0.05, 0) is 103 Å². The van der Waals surface area contributed by atoms with E-state index in [-0.39, 0.29) is 5.91 Å². The monoisotopic (exact) mass is 748 g/mol. The highest BCUT2D eigenvalue weighted by atomic mass is 32.2. The van der Waals surface area contributed by atoms with Crippen LogP contribution in [0.1, 0.15) is 71.1 Å². The molecule has 0 fully saturated rings. The number of carbonyl (C=O) groups is 1. The quantitative estimate of drug-likeness (QED) is 0.0975. The van der Waals surface area contributed by atoms with Gasteiger partial charge in [0.05, 0.1) is 41.4 Å². The van der Waals surface area contributed by atoms with Crippen LogP contribution in [0, 0.1) is 5.92 Å². The van der Waals surface area contributed by atoms with E-state index in [0.717, 1.165) is 96.2 Å². The van der Waals surface area contributed by atoms with Crippen LogP contribution < -0.4 is 15.0 Å². The molecule has 1 amide bonds. The first-order valence-electron chi connectivity index (χ1n) is 17.9. The predicted octanol–water partition coefficient (Wildman–Crippen LogP) is 8.23. The third kappa shape index (κ3) is 12.8. The Morgan fingerprint density at radius 3 is 2.37 bits per heavy atom. The van der Waals surface area contributed by atoms with Gasteiger partial charge in [-0.15, -0.1) is 0 Å². The molecule has 280 valence electrons. The predicted molar refractivity (Wildman–Crippen MR) is 212 cm³/mol. The molecule has 2 N–H and O–H groups in total. The summed E-state index contributed by atoms with van der Waals surface area (Å²) in [5.74, 6) is 1.70. The molecule has 0 saturated heterocycles. The standard InChI is InChI=1S/C39H48N4O3S.CH4O3S/c1-5-7-22-46-36-15-10-30(11-16-36)31-12-19-38-33(23-31)24-32(9-8-21-42(38)26-29(3)4)39(44)41-34-13-17-37(18-14-34)47(45)27-35-25-40-28-43(35)20-6-2;1-5(2,3)4/h10-19,23-25,28-29H,5-9,20-22,26-27H2,1-4H3,(H,41,44);1H3,(H,2,3,4). The van der Waals surface area contributed by atoms with Crippen molar-refractivity contribution in [3.05, 3.63) is 96.1 Å². The minimum atomic E-state index is -3.67. The highest BCUT2D eigenvalue weighted by Gasteiger charge is 2.20. The number of amides is 1. The van der Waals surface area contributed by atoms with Crippen molar-refractivity contribution >= 4 is 44.3 Å². The van der Waals surface area contributed by atoms with Gasteiger partial charge in [-0.2, -0.15) is 8.42 Å². The van der Waals surface area contributed by atoms with Crippen LogP contribution in [0.15, 0.2) is 89.7 Å². The lowest BCUT2D eigenvalue weighted by Gasteiger charge is -2.30. The molecule has 0 saturated carbocycles. The summed E-state index contributed by atoms with van der Waals surface area (Å²) in [6, 6.07) is 22.2. The lowest BCUT2D eigenvalue weighted by molar-refractivity contribution is -0.112. The Morgan fingerprint density at radius 1 is 1.02 bits per heavy atom. The number of hydrogen-bond acceptors (Lipinski definition) is 7. The fourth-order valence-electron chi connectivity index (χ4n) is 5.90. The summed E-state index contributed by atoms with van der Waals surface area (Å²) in [5.41, 5.74) is 6.81. The van der Waals surface area contributed by atoms with Crippen LogP contribution in [-0.2, 0) is 38.0 Å². The third-order valence-electron chi connectivity index (χ3n) is 8.32. The summed E-state index contributed by atoms with van der Waals surface area (Å²) in [5, 5.41) is 3.10. The van der Waals surface area contributed by atoms with E-state index in [1.807, 2.05) is 36.4 Å². The maximum absolute atomic E-state index is 13.7. The van der Waals surface area contributed by atoms with E-state index >= 15 is 0 Å². The first-order valence-corrected chi connectivity index (χ1v) is 21.0. The number of rotatable bonds is 14. The molecule has 0 aliphatic carbocycles. The van der Waals surface area contributed by atoms with Crippen molar-refractivity contribution < 1.29 is 26.7 Å². The van der Waals surface area contributed by atoms with Gasteiger partial charge in [-0.3, -0.25) is 13.6 Å². The summed E-state index contributed by atoms with van der Waals surface area (Å²) < 4.78 is 46.9. The van der Waals surface area contributed by atoms with E-state index < -0.39 is 20.9 Å². The maximum atomic E-state index is 13.7. The zero-order chi connectivity index (χ0) is 37.7. The summed E-state index contributed by atoms with van der Waals surface area (Å²) in [6.07, 6.45) is 11.1. The molecular weight excluding hydrogens is 697 g/mol. The van der Waals surface area contributed by atoms with Gasteiger partial charge in [0.1, 0.15) is 5.75 Å². The Bertz CT molecular complexity index is 1910. The fraction of sp³-hybridized carbons (Fsp3) is 0.400. The second-order valence-corrected chi connectivity index (χ2v) is 16.3. The van der Waals surface area contributed by atoms with Crippen molar-refractivity contribution in [1.82, 2.24) is 9.55 Å². The molecule has 1 atom stereocenters. The van der Waals surface area contributed by atoms with Crippen molar-refractivity contribution in [2.75, 3.05) is 36.2 Å². The first kappa shape index (κ1) is 40.5. The summed E-state index contributed by atoms with van der Waals surface area (Å²) in [4.78, 5) is 21.1. The molecule has 12 heteroatoms. The van der Waals surface area contributed by atoms with Gasteiger partial charge in [0, 0.05) is 47.7 Å². The van der Waals surface area contributed by atoms with Crippen molar-refractivity contribution in [3.8, 4) is 16.9 Å². The highest BCUT2D eigenvalue weighted by molar-refractivity contribution is 7.85. The first-order chi connectivity index (χ1) is 24.8. The second kappa shape index (κ2) is 19.5. The van der Waals surface area contributed by atoms with Crippen molar-refractivity contribution in [2.24, 2.45) is 5.92 Å². The van der Waals surface area contributed by atoms with Crippen LogP contribution in [0.2, 0.25) is 0 Å². The van der Waals surface area contributed by atoms with E-state index in [2.05, 4.69) is 83.9 Å². The minimum absolute atomic E-state index is 0.107. The van der Waals surface area contributed by atoms with E-state index in [4.69, 9.17) is 9.29 Å². The highest BCUT2D eigenvalue weighted by Crippen LogP contribution is 2.33. The zero-order valence-corrected chi connectivity index (χ0v) is 32.5. The number of fused-ring (bicyclic) bond motifs is 1. The Balaban J connectivity index is 0.00000113. The fourth-order valence-corrected chi connectivity index (χ4v) is 7.01. The number of imidazole rings is 1.